The van der Waals surface area contributed by atoms with Gasteiger partial charge < -0.3 is 16.0 Å². The van der Waals surface area contributed by atoms with Gasteiger partial charge in [0.1, 0.15) is 5.82 Å². The van der Waals surface area contributed by atoms with Gasteiger partial charge in [0.25, 0.3) is 5.91 Å². The maximum absolute atomic E-state index is 13.2. The highest BCUT2D eigenvalue weighted by molar-refractivity contribution is 5.99. The summed E-state index contributed by atoms with van der Waals surface area (Å²) < 4.78 is 13.2. The zero-order valence-electron chi connectivity index (χ0n) is 10.4. The highest BCUT2D eigenvalue weighted by atomic mass is 19.1. The molecule has 0 spiro atoms. The molecule has 0 radical (unpaired) electrons. The number of anilines is 1. The van der Waals surface area contributed by atoms with Crippen LogP contribution in [0.2, 0.25) is 0 Å². The Bertz CT molecular complexity index is 450. The summed E-state index contributed by atoms with van der Waals surface area (Å²) in [6.07, 6.45) is 1.08. The van der Waals surface area contributed by atoms with Crippen LogP contribution in [0, 0.1) is 11.7 Å². The van der Waals surface area contributed by atoms with Gasteiger partial charge in [0.05, 0.1) is 11.3 Å². The van der Waals surface area contributed by atoms with Gasteiger partial charge in [-0.2, -0.15) is 0 Å². The first kappa shape index (κ1) is 12.8. The fourth-order valence-electron chi connectivity index (χ4n) is 2.26. The molecule has 0 aromatic heterocycles. The number of nitrogen functional groups attached to an aromatic ring is 1. The second kappa shape index (κ2) is 5.35. The monoisotopic (exact) mass is 251 g/mol. The molecule has 1 heterocycles. The summed E-state index contributed by atoms with van der Waals surface area (Å²) >= 11 is 0. The first-order valence-electron chi connectivity index (χ1n) is 6.08. The maximum Gasteiger partial charge on any atom is 0.253 e. The molecule has 1 fully saturated rings. The zero-order valence-corrected chi connectivity index (χ0v) is 10.4. The molecule has 1 aromatic carbocycles. The Morgan fingerprint density at radius 2 is 2.39 bits per heavy atom. The standard InChI is InChI=1S/C13H18FN3O/c1-17-6-5-9(8-17)7-16-13(18)10-3-2-4-11(14)12(10)15/h2-4,9H,5-8,15H2,1H3,(H,16,18). The first-order chi connectivity index (χ1) is 8.58. The van der Waals surface area contributed by atoms with Crippen LogP contribution in [-0.2, 0) is 0 Å². The summed E-state index contributed by atoms with van der Waals surface area (Å²) in [4.78, 5) is 14.1. The summed E-state index contributed by atoms with van der Waals surface area (Å²) in [5, 5.41) is 2.82. The van der Waals surface area contributed by atoms with Crippen LogP contribution in [0.15, 0.2) is 18.2 Å². The minimum absolute atomic E-state index is 0.0847. The Kier molecular flexibility index (Phi) is 3.81. The highest BCUT2D eigenvalue weighted by Crippen LogP contribution is 2.16. The number of halogens is 1. The number of hydrogen-bond donors (Lipinski definition) is 2. The lowest BCUT2D eigenvalue weighted by atomic mass is 10.1. The van der Waals surface area contributed by atoms with Crippen LogP contribution in [-0.4, -0.2) is 37.5 Å². The average molecular weight is 251 g/mol. The molecule has 0 aliphatic carbocycles. The van der Waals surface area contributed by atoms with Crippen LogP contribution in [0.3, 0.4) is 0 Å². The lowest BCUT2D eigenvalue weighted by Crippen LogP contribution is -2.31. The van der Waals surface area contributed by atoms with Gasteiger partial charge in [-0.1, -0.05) is 6.07 Å². The molecule has 1 saturated heterocycles. The minimum Gasteiger partial charge on any atom is -0.396 e. The number of hydrogen-bond acceptors (Lipinski definition) is 3. The number of nitrogens with two attached hydrogens (primary N) is 1. The molecule has 1 aliphatic heterocycles. The van der Waals surface area contributed by atoms with E-state index < -0.39 is 5.82 Å². The molecular weight excluding hydrogens is 233 g/mol. The van der Waals surface area contributed by atoms with Gasteiger partial charge in [-0.25, -0.2) is 4.39 Å². The van der Waals surface area contributed by atoms with E-state index in [-0.39, 0.29) is 17.2 Å². The quantitative estimate of drug-likeness (QED) is 0.791. The minimum atomic E-state index is -0.553. The van der Waals surface area contributed by atoms with Crippen LogP contribution >= 0.6 is 0 Å². The summed E-state index contributed by atoms with van der Waals surface area (Å²) in [5.41, 5.74) is 5.67. The van der Waals surface area contributed by atoms with Crippen molar-refractivity contribution in [2.45, 2.75) is 6.42 Å². The molecule has 2 rings (SSSR count). The van der Waals surface area contributed by atoms with E-state index in [0.717, 1.165) is 19.5 Å². The lowest BCUT2D eigenvalue weighted by molar-refractivity contribution is 0.0948. The van der Waals surface area contributed by atoms with E-state index in [1.807, 2.05) is 0 Å². The second-order valence-corrected chi connectivity index (χ2v) is 4.83. The number of carbonyl (C=O) groups is 1. The number of nitrogens with one attached hydrogen (secondary N) is 1. The normalized spacial score (nSPS) is 20.0. The summed E-state index contributed by atoms with van der Waals surface area (Å²) in [6, 6.07) is 4.27. The molecule has 1 aromatic rings. The largest absolute Gasteiger partial charge is 0.396 e. The van der Waals surface area contributed by atoms with Crippen LogP contribution in [0.5, 0.6) is 0 Å². The van der Waals surface area contributed by atoms with Crippen LogP contribution in [0.25, 0.3) is 0 Å². The molecule has 0 bridgehead atoms. The number of amides is 1. The molecule has 1 amide bonds. The smallest absolute Gasteiger partial charge is 0.253 e. The van der Waals surface area contributed by atoms with Gasteiger partial charge in [0, 0.05) is 13.1 Å². The van der Waals surface area contributed by atoms with E-state index in [1.54, 1.807) is 0 Å². The van der Waals surface area contributed by atoms with Gasteiger partial charge >= 0.3 is 0 Å². The predicted octanol–water partition coefficient (Wildman–Crippen LogP) is 1.09. The predicted molar refractivity (Wildman–Crippen MR) is 68.7 cm³/mol. The van der Waals surface area contributed by atoms with Crippen LogP contribution < -0.4 is 11.1 Å². The van der Waals surface area contributed by atoms with Crippen molar-refractivity contribution < 1.29 is 9.18 Å². The van der Waals surface area contributed by atoms with Gasteiger partial charge in [-0.05, 0) is 38.1 Å². The molecule has 0 saturated carbocycles. The number of carbonyl (C=O) groups excluding carboxylic acids is 1. The number of nitrogens with zero attached hydrogens (tertiary/aromatic N) is 1. The molecule has 5 heteroatoms. The number of benzene rings is 1. The van der Waals surface area contributed by atoms with Crippen molar-refractivity contribution in [2.24, 2.45) is 5.92 Å². The van der Waals surface area contributed by atoms with Gasteiger partial charge in [-0.15, -0.1) is 0 Å². The van der Waals surface area contributed by atoms with E-state index in [1.165, 1.54) is 18.2 Å². The van der Waals surface area contributed by atoms with Crippen LogP contribution in [0.1, 0.15) is 16.8 Å². The molecule has 1 aliphatic rings. The average Bonchev–Trinajstić information content (AvgIpc) is 2.76. The van der Waals surface area contributed by atoms with Crippen molar-refractivity contribution in [3.05, 3.63) is 29.6 Å². The topological polar surface area (TPSA) is 58.4 Å². The molecule has 1 atom stereocenters. The third kappa shape index (κ3) is 2.79. The van der Waals surface area contributed by atoms with Crippen molar-refractivity contribution in [3.63, 3.8) is 0 Å². The van der Waals surface area contributed by atoms with Gasteiger partial charge in [0.2, 0.25) is 0 Å². The van der Waals surface area contributed by atoms with E-state index in [9.17, 15) is 9.18 Å². The first-order valence-corrected chi connectivity index (χ1v) is 6.08. The summed E-state index contributed by atoms with van der Waals surface area (Å²) in [6.45, 7) is 2.65. The number of rotatable bonds is 3. The number of likely N-dealkylation sites (tertiary alicyclic amines) is 1. The Hall–Kier alpha value is -1.62. The fraction of sp³-hybridized carbons (Fsp3) is 0.462. The second-order valence-electron chi connectivity index (χ2n) is 4.83. The number of para-hydroxylation sites is 1. The third-order valence-corrected chi connectivity index (χ3v) is 3.34. The molecule has 3 N–H and O–H groups in total. The molecule has 98 valence electrons. The Balaban J connectivity index is 1.94. The van der Waals surface area contributed by atoms with Crippen molar-refractivity contribution in [1.82, 2.24) is 10.2 Å². The van der Waals surface area contributed by atoms with Crippen molar-refractivity contribution in [2.75, 3.05) is 32.4 Å². The van der Waals surface area contributed by atoms with E-state index in [2.05, 4.69) is 17.3 Å². The molecule has 18 heavy (non-hydrogen) atoms. The van der Waals surface area contributed by atoms with Crippen molar-refractivity contribution >= 4 is 11.6 Å². The van der Waals surface area contributed by atoms with Crippen molar-refractivity contribution in [3.8, 4) is 0 Å². The van der Waals surface area contributed by atoms with Crippen LogP contribution in [0.4, 0.5) is 10.1 Å². The Labute approximate surface area is 106 Å². The van der Waals surface area contributed by atoms with E-state index >= 15 is 0 Å². The summed E-state index contributed by atoms with van der Waals surface area (Å²) in [5.74, 6) is -0.390. The third-order valence-electron chi connectivity index (χ3n) is 3.34. The molecular formula is C13H18FN3O. The molecule has 4 nitrogen and oxygen atoms in total. The van der Waals surface area contributed by atoms with E-state index in [0.29, 0.717) is 12.5 Å². The van der Waals surface area contributed by atoms with Gasteiger partial charge in [-0.3, -0.25) is 4.79 Å². The van der Waals surface area contributed by atoms with E-state index in [4.69, 9.17) is 5.73 Å². The van der Waals surface area contributed by atoms with Crippen molar-refractivity contribution in [1.29, 1.82) is 0 Å². The Morgan fingerprint density at radius 1 is 1.61 bits per heavy atom. The maximum atomic E-state index is 13.2. The van der Waals surface area contributed by atoms with Gasteiger partial charge in [0.15, 0.2) is 0 Å². The Morgan fingerprint density at radius 3 is 3.06 bits per heavy atom. The zero-order chi connectivity index (χ0) is 13.1. The molecule has 1 unspecified atom stereocenters. The summed E-state index contributed by atoms with van der Waals surface area (Å²) in [7, 11) is 2.06. The SMILES string of the molecule is CN1CCC(CNC(=O)c2cccc(F)c2N)C1. The fourth-order valence-corrected chi connectivity index (χ4v) is 2.26. The highest BCUT2D eigenvalue weighted by Gasteiger charge is 2.20. The lowest BCUT2D eigenvalue weighted by Gasteiger charge is -2.12.